The number of rotatable bonds is 5. The molecule has 0 saturated heterocycles. The van der Waals surface area contributed by atoms with Crippen LogP contribution in [0.4, 0.5) is 0 Å². The maximum atomic E-state index is 11.4. The van der Waals surface area contributed by atoms with Crippen molar-refractivity contribution >= 4 is 11.8 Å². The smallest absolute Gasteiger partial charge is 0.239 e. The van der Waals surface area contributed by atoms with Crippen LogP contribution >= 0.6 is 0 Å². The molecule has 82 valence electrons. The van der Waals surface area contributed by atoms with Gasteiger partial charge in [-0.05, 0) is 12.8 Å². The summed E-state index contributed by atoms with van der Waals surface area (Å²) >= 11 is 0. The van der Waals surface area contributed by atoms with Crippen molar-refractivity contribution in [2.75, 3.05) is 0 Å². The maximum absolute atomic E-state index is 11.4. The number of amides is 2. The quantitative estimate of drug-likeness (QED) is 0.551. The third-order valence-corrected chi connectivity index (χ3v) is 2.35. The molecule has 0 rings (SSSR count). The normalized spacial score (nSPS) is 16.9. The molecule has 0 spiro atoms. The van der Waals surface area contributed by atoms with Crippen LogP contribution in [-0.4, -0.2) is 23.9 Å². The number of hydrogen-bond donors (Lipinski definition) is 3. The lowest BCUT2D eigenvalue weighted by atomic mass is 9.99. The average molecular weight is 201 g/mol. The Labute approximate surface area is 84.2 Å². The Bertz CT molecular complexity index is 218. The van der Waals surface area contributed by atoms with E-state index in [2.05, 4.69) is 5.32 Å². The highest BCUT2D eigenvalue weighted by molar-refractivity contribution is 5.88. The molecule has 0 aliphatic heterocycles. The van der Waals surface area contributed by atoms with E-state index in [1.165, 1.54) is 6.92 Å². The minimum atomic E-state index is -0.669. The van der Waals surface area contributed by atoms with E-state index in [-0.39, 0.29) is 11.8 Å². The lowest BCUT2D eigenvalue weighted by molar-refractivity contribution is -0.128. The number of carbonyl (C=O) groups is 2. The summed E-state index contributed by atoms with van der Waals surface area (Å²) in [6, 6.07) is -1.25. The van der Waals surface area contributed by atoms with Gasteiger partial charge in [-0.25, -0.2) is 0 Å². The van der Waals surface area contributed by atoms with Crippen LogP contribution in [0.1, 0.15) is 27.2 Å². The van der Waals surface area contributed by atoms with Crippen LogP contribution in [0.25, 0.3) is 0 Å². The Morgan fingerprint density at radius 2 is 1.86 bits per heavy atom. The lowest BCUT2D eigenvalue weighted by Crippen LogP contribution is -2.51. The molecule has 0 aromatic heterocycles. The van der Waals surface area contributed by atoms with Crippen LogP contribution in [0.5, 0.6) is 0 Å². The number of primary amides is 1. The molecule has 0 aliphatic carbocycles. The Morgan fingerprint density at radius 1 is 1.36 bits per heavy atom. The van der Waals surface area contributed by atoms with Crippen molar-refractivity contribution in [2.45, 2.75) is 39.3 Å². The van der Waals surface area contributed by atoms with Gasteiger partial charge in [-0.2, -0.15) is 0 Å². The van der Waals surface area contributed by atoms with Gasteiger partial charge in [0.1, 0.15) is 6.04 Å². The maximum Gasteiger partial charge on any atom is 0.239 e. The second-order valence-electron chi connectivity index (χ2n) is 3.54. The third-order valence-electron chi connectivity index (χ3n) is 2.35. The molecule has 5 nitrogen and oxygen atoms in total. The van der Waals surface area contributed by atoms with Crippen molar-refractivity contribution in [3.8, 4) is 0 Å². The van der Waals surface area contributed by atoms with Crippen molar-refractivity contribution in [3.05, 3.63) is 0 Å². The highest BCUT2D eigenvalue weighted by Crippen LogP contribution is 2.05. The highest BCUT2D eigenvalue weighted by Gasteiger charge is 2.21. The van der Waals surface area contributed by atoms with Crippen molar-refractivity contribution in [1.29, 1.82) is 0 Å². The second kappa shape index (κ2) is 5.59. The Hall–Kier alpha value is -1.10. The van der Waals surface area contributed by atoms with E-state index in [0.717, 1.165) is 6.42 Å². The molecule has 0 heterocycles. The summed E-state index contributed by atoms with van der Waals surface area (Å²) in [6.45, 7) is 5.37. The summed E-state index contributed by atoms with van der Waals surface area (Å²) in [5, 5.41) is 2.46. The van der Waals surface area contributed by atoms with E-state index in [0.29, 0.717) is 0 Å². The van der Waals surface area contributed by atoms with E-state index >= 15 is 0 Å². The van der Waals surface area contributed by atoms with Crippen LogP contribution in [0.15, 0.2) is 0 Å². The van der Waals surface area contributed by atoms with Gasteiger partial charge in [0.05, 0.1) is 6.04 Å². The summed E-state index contributed by atoms with van der Waals surface area (Å²) < 4.78 is 0. The molecule has 5 heteroatoms. The second-order valence-corrected chi connectivity index (χ2v) is 3.54. The molecule has 3 atom stereocenters. The average Bonchev–Trinajstić information content (AvgIpc) is 2.14. The van der Waals surface area contributed by atoms with Crippen LogP contribution in [-0.2, 0) is 9.59 Å². The number of hydrogen-bond acceptors (Lipinski definition) is 3. The van der Waals surface area contributed by atoms with Gasteiger partial charge in [0, 0.05) is 0 Å². The van der Waals surface area contributed by atoms with E-state index in [1.807, 2.05) is 13.8 Å². The first-order chi connectivity index (χ1) is 6.40. The lowest BCUT2D eigenvalue weighted by Gasteiger charge is -2.19. The fraction of sp³-hybridized carbons (Fsp3) is 0.778. The molecule has 0 aromatic rings. The third kappa shape index (κ3) is 3.74. The molecule has 0 unspecified atom stereocenters. The molecule has 0 aliphatic rings. The minimum absolute atomic E-state index is 0.0927. The molecule has 0 bridgehead atoms. The SMILES string of the molecule is CC[C@H](C)[C@@H](N)C(=O)N[C@H](C)C(N)=O. The van der Waals surface area contributed by atoms with Crippen LogP contribution in [0.3, 0.4) is 0 Å². The molecule has 0 fully saturated rings. The summed E-state index contributed by atoms with van der Waals surface area (Å²) in [7, 11) is 0. The topological polar surface area (TPSA) is 98.2 Å². The first kappa shape index (κ1) is 12.9. The summed E-state index contributed by atoms with van der Waals surface area (Å²) in [5.41, 5.74) is 10.7. The van der Waals surface area contributed by atoms with Crippen molar-refractivity contribution < 1.29 is 9.59 Å². The van der Waals surface area contributed by atoms with Gasteiger partial charge in [-0.15, -0.1) is 0 Å². The monoisotopic (exact) mass is 201 g/mol. The van der Waals surface area contributed by atoms with Gasteiger partial charge < -0.3 is 16.8 Å². The van der Waals surface area contributed by atoms with E-state index in [9.17, 15) is 9.59 Å². The van der Waals surface area contributed by atoms with Gasteiger partial charge >= 0.3 is 0 Å². The Kier molecular flexibility index (Phi) is 5.15. The highest BCUT2D eigenvalue weighted by atomic mass is 16.2. The van der Waals surface area contributed by atoms with Crippen molar-refractivity contribution in [3.63, 3.8) is 0 Å². The van der Waals surface area contributed by atoms with Crippen molar-refractivity contribution in [1.82, 2.24) is 5.32 Å². The molecule has 5 N–H and O–H groups in total. The zero-order valence-electron chi connectivity index (χ0n) is 8.91. The number of nitrogens with one attached hydrogen (secondary N) is 1. The van der Waals surface area contributed by atoms with Gasteiger partial charge in [-0.3, -0.25) is 9.59 Å². The minimum Gasteiger partial charge on any atom is -0.368 e. The Morgan fingerprint density at radius 3 is 2.21 bits per heavy atom. The zero-order chi connectivity index (χ0) is 11.3. The molecule has 2 amide bonds. The molecule has 0 saturated carbocycles. The van der Waals surface area contributed by atoms with Gasteiger partial charge in [0.2, 0.25) is 11.8 Å². The predicted octanol–water partition coefficient (Wildman–Crippen LogP) is -0.650. The van der Waals surface area contributed by atoms with Crippen molar-refractivity contribution in [2.24, 2.45) is 17.4 Å². The number of carbonyl (C=O) groups excluding carboxylic acids is 2. The first-order valence-electron chi connectivity index (χ1n) is 4.75. The molecule has 0 radical (unpaired) electrons. The summed E-state index contributed by atoms with van der Waals surface area (Å²) in [4.78, 5) is 22.1. The van der Waals surface area contributed by atoms with Crippen LogP contribution in [0, 0.1) is 5.92 Å². The predicted molar refractivity (Wildman–Crippen MR) is 54.2 cm³/mol. The number of nitrogens with two attached hydrogens (primary N) is 2. The van der Waals surface area contributed by atoms with Gasteiger partial charge in [0.25, 0.3) is 0 Å². The molecular formula is C9H19N3O2. The Balaban J connectivity index is 4.14. The molecular weight excluding hydrogens is 182 g/mol. The zero-order valence-corrected chi connectivity index (χ0v) is 8.91. The summed E-state index contributed by atoms with van der Waals surface area (Å²) in [6.07, 6.45) is 0.819. The van der Waals surface area contributed by atoms with Gasteiger partial charge in [0.15, 0.2) is 0 Å². The van der Waals surface area contributed by atoms with Crippen LogP contribution in [0.2, 0.25) is 0 Å². The van der Waals surface area contributed by atoms with E-state index in [1.54, 1.807) is 0 Å². The fourth-order valence-electron chi connectivity index (χ4n) is 0.893. The van der Waals surface area contributed by atoms with E-state index < -0.39 is 18.0 Å². The first-order valence-corrected chi connectivity index (χ1v) is 4.75. The largest absolute Gasteiger partial charge is 0.368 e. The van der Waals surface area contributed by atoms with Crippen LogP contribution < -0.4 is 16.8 Å². The summed E-state index contributed by atoms with van der Waals surface area (Å²) in [5.74, 6) is -0.796. The van der Waals surface area contributed by atoms with Gasteiger partial charge in [-0.1, -0.05) is 20.3 Å². The molecule has 0 aromatic carbocycles. The van der Waals surface area contributed by atoms with E-state index in [4.69, 9.17) is 11.5 Å². The standard InChI is InChI=1S/C9H19N3O2/c1-4-5(2)7(10)9(14)12-6(3)8(11)13/h5-7H,4,10H2,1-3H3,(H2,11,13)(H,12,14)/t5-,6+,7+/m0/s1. The fourth-order valence-corrected chi connectivity index (χ4v) is 0.893. The molecule has 14 heavy (non-hydrogen) atoms.